The number of hydrogen-bond acceptors (Lipinski definition) is 10. The minimum atomic E-state index is -4.18. The number of nitrogens with zero attached hydrogens (tertiary/aromatic N) is 2. The Hall–Kier alpha value is -3.04. The molecule has 248 valence electrons. The second-order valence-corrected chi connectivity index (χ2v) is 14.3. The van der Waals surface area contributed by atoms with Crippen LogP contribution in [0.1, 0.15) is 30.1 Å². The van der Waals surface area contributed by atoms with Crippen LogP contribution in [0.2, 0.25) is 10.0 Å². The Kier molecular flexibility index (Phi) is 11.0. The van der Waals surface area contributed by atoms with Gasteiger partial charge in [0.2, 0.25) is 10.0 Å². The molecule has 0 amide bonds. The summed E-state index contributed by atoms with van der Waals surface area (Å²) in [6, 6.07) is 8.37. The molecule has 2 aliphatic rings. The minimum absolute atomic E-state index is 0.0388. The van der Waals surface area contributed by atoms with Crippen molar-refractivity contribution in [3.05, 3.63) is 70.0 Å². The van der Waals surface area contributed by atoms with Crippen LogP contribution >= 0.6 is 35.0 Å². The Bertz CT molecular complexity index is 1660. The smallest absolute Gasteiger partial charge is 0.387 e. The van der Waals surface area contributed by atoms with E-state index < -0.39 is 34.1 Å². The number of methoxy groups -OCH3 is 2. The molecule has 5 rings (SSSR count). The lowest BCUT2D eigenvalue weighted by Crippen LogP contribution is -2.40. The molecule has 0 N–H and O–H groups in total. The predicted octanol–water partition coefficient (Wildman–Crippen LogP) is 6.39. The number of pyridine rings is 1. The summed E-state index contributed by atoms with van der Waals surface area (Å²) in [4.78, 5) is 17.7. The molecule has 0 spiro atoms. The summed E-state index contributed by atoms with van der Waals surface area (Å²) in [5.41, 5.74) is 0.778. The van der Waals surface area contributed by atoms with Crippen molar-refractivity contribution < 1.29 is 45.7 Å². The maximum Gasteiger partial charge on any atom is 0.387 e. The van der Waals surface area contributed by atoms with Crippen LogP contribution < -0.4 is 18.9 Å². The van der Waals surface area contributed by atoms with E-state index in [1.165, 1.54) is 63.0 Å². The van der Waals surface area contributed by atoms with Gasteiger partial charge < -0.3 is 23.7 Å². The molecule has 1 aliphatic carbocycles. The van der Waals surface area contributed by atoms with Crippen LogP contribution in [0.4, 0.5) is 8.78 Å². The molecule has 0 unspecified atom stereocenters. The summed E-state index contributed by atoms with van der Waals surface area (Å²) in [6.07, 6.45) is 3.58. The fourth-order valence-corrected chi connectivity index (χ4v) is 8.35. The monoisotopic (exact) mass is 718 g/mol. The molecule has 2 aromatic carbocycles. The van der Waals surface area contributed by atoms with Crippen LogP contribution in [0.15, 0.2) is 53.7 Å². The van der Waals surface area contributed by atoms with Gasteiger partial charge in [-0.1, -0.05) is 29.3 Å². The van der Waals surface area contributed by atoms with Crippen molar-refractivity contribution in [1.82, 2.24) is 9.29 Å². The van der Waals surface area contributed by atoms with E-state index in [4.69, 9.17) is 42.1 Å². The van der Waals surface area contributed by atoms with E-state index in [0.29, 0.717) is 35.2 Å². The first-order valence-corrected chi connectivity index (χ1v) is 17.3. The van der Waals surface area contributed by atoms with E-state index in [1.54, 1.807) is 0 Å². The molecule has 46 heavy (non-hydrogen) atoms. The number of rotatable bonds is 14. The zero-order valence-electron chi connectivity index (χ0n) is 24.7. The quantitative estimate of drug-likeness (QED) is 0.174. The highest BCUT2D eigenvalue weighted by Crippen LogP contribution is 2.40. The highest BCUT2D eigenvalue weighted by molar-refractivity contribution is 8.02. The van der Waals surface area contributed by atoms with Gasteiger partial charge in [0.15, 0.2) is 28.4 Å². The summed E-state index contributed by atoms with van der Waals surface area (Å²) in [7, 11) is -1.36. The lowest BCUT2D eigenvalue weighted by atomic mass is 10.0. The first kappa shape index (κ1) is 34.3. The van der Waals surface area contributed by atoms with Gasteiger partial charge in [0, 0.05) is 37.2 Å². The van der Waals surface area contributed by atoms with Gasteiger partial charge in [-0.15, -0.1) is 11.8 Å². The molecule has 2 fully saturated rings. The largest absolute Gasteiger partial charge is 0.493 e. The number of halogens is 4. The first-order chi connectivity index (χ1) is 22.0. The molecule has 10 nitrogen and oxygen atoms in total. The van der Waals surface area contributed by atoms with E-state index in [1.807, 2.05) is 0 Å². The Morgan fingerprint density at radius 2 is 1.72 bits per heavy atom. The summed E-state index contributed by atoms with van der Waals surface area (Å²) in [5.74, 6) is 0.219. The molecule has 1 saturated carbocycles. The van der Waals surface area contributed by atoms with Crippen molar-refractivity contribution >= 4 is 51.0 Å². The molecule has 3 aromatic rings. The van der Waals surface area contributed by atoms with Crippen molar-refractivity contribution in [3.8, 4) is 23.0 Å². The number of esters is 1. The summed E-state index contributed by atoms with van der Waals surface area (Å²) < 4.78 is 81.9. The summed E-state index contributed by atoms with van der Waals surface area (Å²) in [6.45, 7) is -2.74. The Balaban J connectivity index is 1.46. The number of sulfonamides is 1. The number of carbonyl (C=O) groups excluding carboxylic acids is 1. The molecular formula is C30H30Cl2F2N2O8S2. The third-order valence-electron chi connectivity index (χ3n) is 7.34. The Morgan fingerprint density at radius 1 is 1.02 bits per heavy atom. The van der Waals surface area contributed by atoms with Crippen molar-refractivity contribution in [3.63, 3.8) is 0 Å². The maximum absolute atomic E-state index is 13.8. The number of hydrogen-bond donors (Lipinski definition) is 0. The van der Waals surface area contributed by atoms with E-state index in [0.717, 1.165) is 28.9 Å². The summed E-state index contributed by atoms with van der Waals surface area (Å²) >= 11 is 13.9. The van der Waals surface area contributed by atoms with Gasteiger partial charge in [-0.25, -0.2) is 13.2 Å². The number of benzene rings is 2. The lowest BCUT2D eigenvalue weighted by Gasteiger charge is -2.26. The van der Waals surface area contributed by atoms with E-state index in [-0.39, 0.29) is 45.2 Å². The molecule has 1 aromatic heterocycles. The van der Waals surface area contributed by atoms with Crippen molar-refractivity contribution in [2.24, 2.45) is 5.92 Å². The normalized spacial score (nSPS) is 17.5. The van der Waals surface area contributed by atoms with Gasteiger partial charge in [0.25, 0.3) is 0 Å². The molecule has 2 heterocycles. The summed E-state index contributed by atoms with van der Waals surface area (Å²) in [5, 5.41) is -0.801. The topological polar surface area (TPSA) is 113 Å². The van der Waals surface area contributed by atoms with Crippen LogP contribution in [0.5, 0.6) is 23.0 Å². The highest BCUT2D eigenvalue weighted by Gasteiger charge is 2.42. The van der Waals surface area contributed by atoms with Gasteiger partial charge in [0.1, 0.15) is 6.10 Å². The highest BCUT2D eigenvalue weighted by atomic mass is 35.5. The van der Waals surface area contributed by atoms with Gasteiger partial charge in [-0.05, 0) is 54.2 Å². The second-order valence-electron chi connectivity index (χ2n) is 10.4. The van der Waals surface area contributed by atoms with Crippen LogP contribution in [0.3, 0.4) is 0 Å². The number of thioether (sulfide) groups is 1. The fraction of sp³-hybridized carbons (Fsp3) is 0.400. The third-order valence-corrected chi connectivity index (χ3v) is 11.2. The zero-order chi connectivity index (χ0) is 33.0. The van der Waals surface area contributed by atoms with Crippen LogP contribution in [0, 0.1) is 5.92 Å². The average molecular weight is 720 g/mol. The average Bonchev–Trinajstić information content (AvgIpc) is 3.72. The van der Waals surface area contributed by atoms with Crippen LogP contribution in [-0.2, 0) is 26.0 Å². The molecule has 0 radical (unpaired) electrons. The molecule has 2 atom stereocenters. The van der Waals surface area contributed by atoms with E-state index in [2.05, 4.69) is 9.72 Å². The van der Waals surface area contributed by atoms with Gasteiger partial charge in [-0.3, -0.25) is 4.98 Å². The van der Waals surface area contributed by atoms with Crippen molar-refractivity contribution in [2.45, 2.75) is 42.2 Å². The van der Waals surface area contributed by atoms with Gasteiger partial charge >= 0.3 is 12.6 Å². The first-order valence-electron chi connectivity index (χ1n) is 14.1. The Labute approximate surface area is 279 Å². The van der Waals surface area contributed by atoms with E-state index >= 15 is 0 Å². The van der Waals surface area contributed by atoms with Crippen LogP contribution in [0.25, 0.3) is 0 Å². The molecular weight excluding hydrogens is 689 g/mol. The van der Waals surface area contributed by atoms with Crippen molar-refractivity contribution in [1.29, 1.82) is 0 Å². The zero-order valence-corrected chi connectivity index (χ0v) is 27.8. The third kappa shape index (κ3) is 7.91. The number of ether oxygens (including phenoxy) is 5. The fourth-order valence-electron chi connectivity index (χ4n) is 4.77. The molecule has 1 saturated heterocycles. The predicted molar refractivity (Wildman–Crippen MR) is 168 cm³/mol. The van der Waals surface area contributed by atoms with Crippen molar-refractivity contribution in [2.75, 3.05) is 33.1 Å². The lowest BCUT2D eigenvalue weighted by molar-refractivity contribution is -0.150. The Morgan fingerprint density at radius 3 is 2.37 bits per heavy atom. The number of aromatic nitrogens is 1. The van der Waals surface area contributed by atoms with E-state index in [9.17, 15) is 22.0 Å². The molecule has 16 heteroatoms. The SMILES string of the molecule is COc1ccc(S(=O)(=O)N2CCS[C@H]2C(=O)O[C@@H](Cc2c(Cl)cncc2Cl)c2ccc(OC(F)F)c(OCC3CC3)c2)cc1OC. The minimum Gasteiger partial charge on any atom is -0.493 e. The van der Waals surface area contributed by atoms with Crippen LogP contribution in [-0.4, -0.2) is 68.8 Å². The molecule has 1 aliphatic heterocycles. The molecule has 0 bridgehead atoms. The van der Waals surface area contributed by atoms with Gasteiger partial charge in [-0.2, -0.15) is 13.1 Å². The van der Waals surface area contributed by atoms with Gasteiger partial charge in [0.05, 0.1) is 35.8 Å². The maximum atomic E-state index is 13.8. The standard InChI is InChI=1S/C30H30Cl2F2N2O8S2/c1-40-23-8-6-19(12-26(23)41-2)46(38,39)36-9-10-45-28(36)29(37)43-25(13-20-21(31)14-35-15-22(20)32)18-5-7-24(44-30(33)34)27(11-18)42-16-17-3-4-17/h5-8,11-12,14-15,17,25,28,30H,3-4,9-10,13,16H2,1-2H3/t25-,28-/m0/s1. The number of carbonyl (C=O) groups is 1. The second kappa shape index (κ2) is 14.8. The number of alkyl halides is 2.